The van der Waals surface area contributed by atoms with E-state index in [2.05, 4.69) is 18.7 Å². The lowest BCUT2D eigenvalue weighted by Gasteiger charge is -2.24. The average Bonchev–Trinajstić information content (AvgIpc) is 3.27. The second kappa shape index (κ2) is 10.1. The molecule has 0 aliphatic carbocycles. The Morgan fingerprint density at radius 2 is 1.66 bits per heavy atom. The van der Waals surface area contributed by atoms with Crippen molar-refractivity contribution < 1.29 is 23.1 Å². The summed E-state index contributed by atoms with van der Waals surface area (Å²) in [6.45, 7) is 7.47. The molecule has 0 atom stereocenters. The first-order valence-electron chi connectivity index (χ1n) is 11.7. The van der Waals surface area contributed by atoms with Crippen LogP contribution in [0.5, 0.6) is 0 Å². The van der Waals surface area contributed by atoms with Gasteiger partial charge in [0.1, 0.15) is 17.2 Å². The molecule has 35 heavy (non-hydrogen) atoms. The summed E-state index contributed by atoms with van der Waals surface area (Å²) in [6, 6.07) is 17.1. The number of anilines is 1. The number of nitrogens with zero attached hydrogens (tertiary/aromatic N) is 1. The molecule has 0 saturated heterocycles. The quantitative estimate of drug-likeness (QED) is 0.201. The van der Waals surface area contributed by atoms with Gasteiger partial charge in [0.25, 0.3) is 0 Å². The number of benzene rings is 3. The summed E-state index contributed by atoms with van der Waals surface area (Å²) in [7, 11) is 1.35. The van der Waals surface area contributed by atoms with Crippen molar-refractivity contribution in [3.05, 3.63) is 77.6 Å². The molecule has 3 aromatic carbocycles. The minimum absolute atomic E-state index is 0.0621. The summed E-state index contributed by atoms with van der Waals surface area (Å²) < 4.78 is 24.7. The van der Waals surface area contributed by atoms with Crippen LogP contribution in [0.2, 0.25) is 0 Å². The summed E-state index contributed by atoms with van der Waals surface area (Å²) in [5, 5.41) is 0.686. The van der Waals surface area contributed by atoms with Crippen LogP contribution in [0.25, 0.3) is 33.4 Å². The lowest BCUT2D eigenvalue weighted by atomic mass is 9.95. The lowest BCUT2D eigenvalue weighted by Crippen LogP contribution is -2.22. The molecule has 0 amide bonds. The van der Waals surface area contributed by atoms with Gasteiger partial charge >= 0.3 is 5.97 Å². The van der Waals surface area contributed by atoms with Crippen molar-refractivity contribution in [3.63, 3.8) is 0 Å². The zero-order valence-corrected chi connectivity index (χ0v) is 20.4. The van der Waals surface area contributed by atoms with Crippen molar-refractivity contribution in [2.75, 3.05) is 25.1 Å². The number of ketones is 1. The van der Waals surface area contributed by atoms with Crippen molar-refractivity contribution in [1.29, 1.82) is 0 Å². The normalized spacial score (nSPS) is 11.0. The van der Waals surface area contributed by atoms with Gasteiger partial charge in [-0.05, 0) is 61.9 Å². The summed E-state index contributed by atoms with van der Waals surface area (Å²) in [5.74, 6) is -0.406. The van der Waals surface area contributed by atoms with Gasteiger partial charge in [-0.3, -0.25) is 4.79 Å². The van der Waals surface area contributed by atoms with Crippen LogP contribution in [0.3, 0.4) is 0 Å². The van der Waals surface area contributed by atoms with E-state index in [1.165, 1.54) is 19.2 Å². The van der Waals surface area contributed by atoms with E-state index in [-0.39, 0.29) is 11.6 Å². The number of carbonyl (C=O) groups is 2. The van der Waals surface area contributed by atoms with Gasteiger partial charge in [-0.1, -0.05) is 19.1 Å². The van der Waals surface area contributed by atoms with E-state index in [0.717, 1.165) is 29.9 Å². The first-order chi connectivity index (χ1) is 16.9. The Kier molecular flexibility index (Phi) is 7.01. The monoisotopic (exact) mass is 473 g/mol. The van der Waals surface area contributed by atoms with Gasteiger partial charge in [0.05, 0.1) is 18.2 Å². The van der Waals surface area contributed by atoms with Gasteiger partial charge in [-0.15, -0.1) is 0 Å². The van der Waals surface area contributed by atoms with Crippen LogP contribution in [-0.4, -0.2) is 32.0 Å². The molecule has 0 saturated carbocycles. The third-order valence-corrected chi connectivity index (χ3v) is 6.21. The van der Waals surface area contributed by atoms with Gasteiger partial charge in [-0.2, -0.15) is 0 Å². The smallest absolute Gasteiger partial charge is 0.337 e. The van der Waals surface area contributed by atoms with E-state index in [9.17, 15) is 14.0 Å². The number of Topliss-reactive ketones (excluding diaryl/α,β-unsaturated/α-hetero) is 1. The van der Waals surface area contributed by atoms with Crippen molar-refractivity contribution in [2.45, 2.75) is 27.2 Å². The standard InChI is InChI=1S/C29H28FNO4/c1-5-25(32)27-23-16-22(19-9-8-10-20(15-19)29(33)34-4)24(31(6-2)7-3)17-26(23)35-28(27)18-11-13-21(30)14-12-18/h8-17H,5-7H2,1-4H3. The molecule has 4 aromatic rings. The molecule has 1 heterocycles. The molecule has 180 valence electrons. The molecule has 0 aliphatic rings. The van der Waals surface area contributed by atoms with Crippen LogP contribution in [0.15, 0.2) is 65.1 Å². The Bertz CT molecular complexity index is 1380. The maximum Gasteiger partial charge on any atom is 0.337 e. The van der Waals surface area contributed by atoms with E-state index in [1.54, 1.807) is 31.2 Å². The van der Waals surface area contributed by atoms with Crippen molar-refractivity contribution in [1.82, 2.24) is 0 Å². The Morgan fingerprint density at radius 1 is 0.943 bits per heavy atom. The van der Waals surface area contributed by atoms with Gasteiger partial charge < -0.3 is 14.1 Å². The van der Waals surface area contributed by atoms with Crippen LogP contribution >= 0.6 is 0 Å². The second-order valence-electron chi connectivity index (χ2n) is 8.20. The SMILES string of the molecule is CCC(=O)c1c(-c2ccc(F)cc2)oc2cc(N(CC)CC)c(-c3cccc(C(=O)OC)c3)cc12. The largest absolute Gasteiger partial charge is 0.465 e. The maximum atomic E-state index is 13.6. The predicted molar refractivity (Wildman–Crippen MR) is 137 cm³/mol. The Balaban J connectivity index is 2.03. The zero-order valence-electron chi connectivity index (χ0n) is 20.4. The number of fused-ring (bicyclic) bond motifs is 1. The highest BCUT2D eigenvalue weighted by atomic mass is 19.1. The topological polar surface area (TPSA) is 59.8 Å². The Hall–Kier alpha value is -3.93. The number of hydrogen-bond donors (Lipinski definition) is 0. The molecule has 1 aromatic heterocycles. The maximum absolute atomic E-state index is 13.6. The molecule has 6 heteroatoms. The highest BCUT2D eigenvalue weighted by molar-refractivity contribution is 6.13. The van der Waals surface area contributed by atoms with Gasteiger partial charge in [-0.25, -0.2) is 9.18 Å². The highest BCUT2D eigenvalue weighted by Gasteiger charge is 2.24. The van der Waals surface area contributed by atoms with Crippen molar-refractivity contribution in [3.8, 4) is 22.5 Å². The molecule has 0 bridgehead atoms. The Labute approximate surface area is 204 Å². The second-order valence-corrected chi connectivity index (χ2v) is 8.20. The fraction of sp³-hybridized carbons (Fsp3) is 0.241. The molecular weight excluding hydrogens is 445 g/mol. The molecule has 4 rings (SSSR count). The van der Waals surface area contributed by atoms with Gasteiger partial charge in [0.15, 0.2) is 5.78 Å². The fourth-order valence-corrected chi connectivity index (χ4v) is 4.38. The van der Waals surface area contributed by atoms with E-state index in [0.29, 0.717) is 39.8 Å². The molecule has 5 nitrogen and oxygen atoms in total. The van der Waals surface area contributed by atoms with Crippen LogP contribution in [-0.2, 0) is 4.74 Å². The summed E-state index contributed by atoms with van der Waals surface area (Å²) in [6.07, 6.45) is 0.299. The summed E-state index contributed by atoms with van der Waals surface area (Å²) >= 11 is 0. The number of rotatable bonds is 8. The van der Waals surface area contributed by atoms with E-state index < -0.39 is 5.97 Å². The van der Waals surface area contributed by atoms with Gasteiger partial charge in [0, 0.05) is 47.8 Å². The van der Waals surface area contributed by atoms with E-state index in [1.807, 2.05) is 24.3 Å². The van der Waals surface area contributed by atoms with Crippen molar-refractivity contribution >= 4 is 28.4 Å². The number of ether oxygens (including phenoxy) is 1. The number of esters is 1. The number of hydrogen-bond acceptors (Lipinski definition) is 5. The molecular formula is C29H28FNO4. The average molecular weight is 474 g/mol. The predicted octanol–water partition coefficient (Wildman–Crippen LogP) is 7.13. The van der Waals surface area contributed by atoms with Crippen LogP contribution in [0.1, 0.15) is 47.9 Å². The van der Waals surface area contributed by atoms with E-state index in [4.69, 9.17) is 9.15 Å². The van der Waals surface area contributed by atoms with E-state index >= 15 is 0 Å². The molecule has 0 spiro atoms. The highest BCUT2D eigenvalue weighted by Crippen LogP contribution is 2.41. The number of methoxy groups -OCH3 is 1. The van der Waals surface area contributed by atoms with Crippen LogP contribution < -0.4 is 4.90 Å². The number of halogens is 1. The number of furan rings is 1. The van der Waals surface area contributed by atoms with Crippen LogP contribution in [0, 0.1) is 5.82 Å². The lowest BCUT2D eigenvalue weighted by molar-refractivity contribution is 0.0600. The first-order valence-corrected chi connectivity index (χ1v) is 11.7. The van der Waals surface area contributed by atoms with Crippen LogP contribution in [0.4, 0.5) is 10.1 Å². The fourth-order valence-electron chi connectivity index (χ4n) is 4.38. The minimum atomic E-state index is -0.416. The number of carbonyl (C=O) groups excluding carboxylic acids is 2. The van der Waals surface area contributed by atoms with Crippen molar-refractivity contribution in [2.24, 2.45) is 0 Å². The first kappa shape index (κ1) is 24.2. The third kappa shape index (κ3) is 4.56. The molecule has 0 unspecified atom stereocenters. The molecule has 0 radical (unpaired) electrons. The zero-order chi connectivity index (χ0) is 25.1. The molecule has 0 aliphatic heterocycles. The molecule has 0 fully saturated rings. The third-order valence-electron chi connectivity index (χ3n) is 6.21. The van der Waals surface area contributed by atoms with Gasteiger partial charge in [0.2, 0.25) is 0 Å². The summed E-state index contributed by atoms with van der Waals surface area (Å²) in [4.78, 5) is 27.5. The summed E-state index contributed by atoms with van der Waals surface area (Å²) in [5.41, 5.74) is 4.78. The minimum Gasteiger partial charge on any atom is -0.465 e. The Morgan fingerprint density at radius 3 is 2.29 bits per heavy atom. The molecule has 0 N–H and O–H groups in total.